The number of aromatic nitrogens is 2. The van der Waals surface area contributed by atoms with E-state index in [0.29, 0.717) is 5.13 Å². The first kappa shape index (κ1) is 9.48. The van der Waals surface area contributed by atoms with Gasteiger partial charge in [0.15, 0.2) is 5.13 Å². The fourth-order valence-corrected chi connectivity index (χ4v) is 2.69. The molecule has 0 aromatic carbocycles. The Hall–Kier alpha value is -1.07. The molecule has 0 spiro atoms. The maximum absolute atomic E-state index is 5.53. The van der Waals surface area contributed by atoms with Crippen LogP contribution in [-0.2, 0) is 5.75 Å². The van der Waals surface area contributed by atoms with Crippen LogP contribution >= 0.6 is 23.1 Å². The number of nitrogens with zero attached hydrogens (tertiary/aromatic N) is 2. The molecular formula is C9H9N3S2. The molecule has 0 aliphatic rings. The van der Waals surface area contributed by atoms with Gasteiger partial charge in [-0.15, -0.1) is 11.8 Å². The second-order valence-electron chi connectivity index (χ2n) is 2.66. The van der Waals surface area contributed by atoms with Gasteiger partial charge in [-0.2, -0.15) is 0 Å². The third-order valence-corrected chi connectivity index (χ3v) is 3.73. The average Bonchev–Trinajstić information content (AvgIpc) is 2.63. The first-order valence-corrected chi connectivity index (χ1v) is 5.88. The molecule has 2 heterocycles. The number of thiazole rings is 1. The Kier molecular flexibility index (Phi) is 3.00. The minimum Gasteiger partial charge on any atom is -0.375 e. The van der Waals surface area contributed by atoms with Gasteiger partial charge in [0.25, 0.3) is 0 Å². The van der Waals surface area contributed by atoms with Gasteiger partial charge in [-0.1, -0.05) is 11.3 Å². The molecule has 0 unspecified atom stereocenters. The van der Waals surface area contributed by atoms with Crippen molar-refractivity contribution in [2.24, 2.45) is 0 Å². The van der Waals surface area contributed by atoms with Crippen molar-refractivity contribution in [1.29, 1.82) is 0 Å². The molecule has 0 saturated heterocycles. The van der Waals surface area contributed by atoms with Gasteiger partial charge in [-0.3, -0.25) is 4.98 Å². The Balaban J connectivity index is 1.95. The standard InChI is InChI=1S/C9H9N3S2/c10-9-12-5-8(14-9)13-6-7-1-3-11-4-2-7/h1-5H,6H2,(H2,10,12). The number of nitrogens with two attached hydrogens (primary N) is 1. The Bertz CT molecular complexity index is 399. The minimum atomic E-state index is 0.627. The molecular weight excluding hydrogens is 214 g/mol. The van der Waals surface area contributed by atoms with Crippen LogP contribution in [0.2, 0.25) is 0 Å². The SMILES string of the molecule is Nc1ncc(SCc2ccncc2)s1. The maximum atomic E-state index is 5.53. The number of pyridine rings is 1. The summed E-state index contributed by atoms with van der Waals surface area (Å²) >= 11 is 3.26. The topological polar surface area (TPSA) is 51.8 Å². The van der Waals surface area contributed by atoms with Crippen molar-refractivity contribution in [3.05, 3.63) is 36.3 Å². The Morgan fingerprint density at radius 2 is 2.14 bits per heavy atom. The van der Waals surface area contributed by atoms with E-state index in [1.807, 2.05) is 18.3 Å². The second-order valence-corrected chi connectivity index (χ2v) is 5.00. The quantitative estimate of drug-likeness (QED) is 0.812. The summed E-state index contributed by atoms with van der Waals surface area (Å²) in [5, 5.41) is 0.627. The normalized spacial score (nSPS) is 10.3. The fraction of sp³-hybridized carbons (Fsp3) is 0.111. The second kappa shape index (κ2) is 4.43. The van der Waals surface area contributed by atoms with E-state index in [9.17, 15) is 0 Å². The van der Waals surface area contributed by atoms with Crippen molar-refractivity contribution in [1.82, 2.24) is 9.97 Å². The summed E-state index contributed by atoms with van der Waals surface area (Å²) in [5.74, 6) is 0.935. The van der Waals surface area contributed by atoms with Gasteiger partial charge >= 0.3 is 0 Å². The van der Waals surface area contributed by atoms with Crippen LogP contribution in [0.25, 0.3) is 0 Å². The molecule has 0 aliphatic heterocycles. The zero-order valence-corrected chi connectivity index (χ0v) is 9.02. The molecule has 14 heavy (non-hydrogen) atoms. The summed E-state index contributed by atoms with van der Waals surface area (Å²) in [6, 6.07) is 4.02. The van der Waals surface area contributed by atoms with Crippen molar-refractivity contribution in [2.75, 3.05) is 5.73 Å². The largest absolute Gasteiger partial charge is 0.375 e. The summed E-state index contributed by atoms with van der Waals surface area (Å²) in [5.41, 5.74) is 6.79. The molecule has 72 valence electrons. The lowest BCUT2D eigenvalue weighted by Gasteiger charge is -1.96. The van der Waals surface area contributed by atoms with E-state index < -0.39 is 0 Å². The summed E-state index contributed by atoms with van der Waals surface area (Å²) < 4.78 is 1.15. The Morgan fingerprint density at radius 3 is 2.79 bits per heavy atom. The van der Waals surface area contributed by atoms with Crippen LogP contribution in [0.3, 0.4) is 0 Å². The number of nitrogen functional groups attached to an aromatic ring is 1. The maximum Gasteiger partial charge on any atom is 0.181 e. The molecule has 0 amide bonds. The van der Waals surface area contributed by atoms with Crippen LogP contribution in [0.5, 0.6) is 0 Å². The van der Waals surface area contributed by atoms with Crippen molar-refractivity contribution in [3.63, 3.8) is 0 Å². The lowest BCUT2D eigenvalue weighted by atomic mass is 10.3. The lowest BCUT2D eigenvalue weighted by molar-refractivity contribution is 1.27. The van der Waals surface area contributed by atoms with E-state index in [1.165, 1.54) is 16.9 Å². The van der Waals surface area contributed by atoms with Gasteiger partial charge in [0.1, 0.15) is 0 Å². The predicted octanol–water partition coefficient (Wildman–Crippen LogP) is 2.41. The highest BCUT2D eigenvalue weighted by Crippen LogP contribution is 2.28. The molecule has 2 aromatic rings. The van der Waals surface area contributed by atoms with E-state index in [0.717, 1.165) is 9.96 Å². The minimum absolute atomic E-state index is 0.627. The van der Waals surface area contributed by atoms with Crippen molar-refractivity contribution >= 4 is 28.2 Å². The molecule has 0 radical (unpaired) electrons. The van der Waals surface area contributed by atoms with Crippen molar-refractivity contribution in [3.8, 4) is 0 Å². The van der Waals surface area contributed by atoms with Gasteiger partial charge in [-0.25, -0.2) is 4.98 Å². The predicted molar refractivity (Wildman–Crippen MR) is 60.3 cm³/mol. The first-order valence-electron chi connectivity index (χ1n) is 4.07. The van der Waals surface area contributed by atoms with E-state index in [4.69, 9.17) is 5.73 Å². The van der Waals surface area contributed by atoms with Crippen LogP contribution < -0.4 is 5.73 Å². The molecule has 2 rings (SSSR count). The highest BCUT2D eigenvalue weighted by Gasteiger charge is 1.99. The van der Waals surface area contributed by atoms with Crippen LogP contribution in [0, 0.1) is 0 Å². The molecule has 3 nitrogen and oxygen atoms in total. The lowest BCUT2D eigenvalue weighted by Crippen LogP contribution is -1.78. The third-order valence-electron chi connectivity index (χ3n) is 1.63. The van der Waals surface area contributed by atoms with E-state index in [2.05, 4.69) is 9.97 Å². The van der Waals surface area contributed by atoms with Crippen molar-refractivity contribution in [2.45, 2.75) is 9.96 Å². The van der Waals surface area contributed by atoms with E-state index in [-0.39, 0.29) is 0 Å². The molecule has 2 aromatic heterocycles. The summed E-state index contributed by atoms with van der Waals surface area (Å²) in [6.45, 7) is 0. The molecule has 0 saturated carbocycles. The van der Waals surface area contributed by atoms with Gasteiger partial charge < -0.3 is 5.73 Å². The zero-order chi connectivity index (χ0) is 9.80. The monoisotopic (exact) mass is 223 g/mol. The van der Waals surface area contributed by atoms with Crippen LogP contribution in [-0.4, -0.2) is 9.97 Å². The van der Waals surface area contributed by atoms with Gasteiger partial charge in [0, 0.05) is 18.1 Å². The van der Waals surface area contributed by atoms with E-state index >= 15 is 0 Å². The molecule has 5 heteroatoms. The van der Waals surface area contributed by atoms with Crippen molar-refractivity contribution < 1.29 is 0 Å². The zero-order valence-electron chi connectivity index (χ0n) is 7.38. The van der Waals surface area contributed by atoms with Crippen LogP contribution in [0.1, 0.15) is 5.56 Å². The fourth-order valence-electron chi connectivity index (χ4n) is 0.972. The van der Waals surface area contributed by atoms with Gasteiger partial charge in [0.05, 0.1) is 10.4 Å². The Labute approximate surface area is 90.4 Å². The van der Waals surface area contributed by atoms with Crippen LogP contribution in [0.15, 0.2) is 34.9 Å². The van der Waals surface area contributed by atoms with Gasteiger partial charge in [-0.05, 0) is 17.7 Å². The number of hydrogen-bond acceptors (Lipinski definition) is 5. The first-order chi connectivity index (χ1) is 6.84. The molecule has 2 N–H and O–H groups in total. The number of anilines is 1. The highest BCUT2D eigenvalue weighted by molar-refractivity contribution is 8.00. The number of hydrogen-bond donors (Lipinski definition) is 1. The summed E-state index contributed by atoms with van der Waals surface area (Å²) in [6.07, 6.45) is 5.42. The smallest absolute Gasteiger partial charge is 0.181 e. The molecule has 0 aliphatic carbocycles. The molecule has 0 fully saturated rings. The number of thioether (sulfide) groups is 1. The third kappa shape index (κ3) is 2.46. The number of rotatable bonds is 3. The molecule has 0 atom stereocenters. The summed E-state index contributed by atoms with van der Waals surface area (Å²) in [4.78, 5) is 7.96. The molecule has 0 bridgehead atoms. The summed E-state index contributed by atoms with van der Waals surface area (Å²) in [7, 11) is 0. The van der Waals surface area contributed by atoms with E-state index in [1.54, 1.807) is 24.2 Å². The van der Waals surface area contributed by atoms with Gasteiger partial charge in [0.2, 0.25) is 0 Å². The average molecular weight is 223 g/mol. The Morgan fingerprint density at radius 1 is 1.36 bits per heavy atom. The van der Waals surface area contributed by atoms with Crippen LogP contribution in [0.4, 0.5) is 5.13 Å². The highest BCUT2D eigenvalue weighted by atomic mass is 32.2.